The number of hydrogen-bond donors (Lipinski definition) is 3. The van der Waals surface area contributed by atoms with Crippen molar-refractivity contribution < 1.29 is 28.2 Å². The number of carbonyl (C=O) groups is 1. The molecular formula is C9H8F3NO3. The van der Waals surface area contributed by atoms with Crippen molar-refractivity contribution in [3.05, 3.63) is 29.3 Å². The summed E-state index contributed by atoms with van der Waals surface area (Å²) in [5.74, 6) is -2.13. The normalized spacial score (nSPS) is 13.5. The van der Waals surface area contributed by atoms with Gasteiger partial charge in [0.25, 0.3) is 0 Å². The third-order valence-corrected chi connectivity index (χ3v) is 1.97. The minimum Gasteiger partial charge on any atom is -0.508 e. The second-order valence-corrected chi connectivity index (χ2v) is 3.10. The number of carboxylic acids is 1. The first-order valence-electron chi connectivity index (χ1n) is 4.12. The molecular weight excluding hydrogens is 227 g/mol. The number of benzene rings is 1. The Labute approximate surface area is 88.1 Å². The summed E-state index contributed by atoms with van der Waals surface area (Å²) in [6.07, 6.45) is -4.69. The van der Waals surface area contributed by atoms with Gasteiger partial charge >= 0.3 is 12.1 Å². The molecule has 4 N–H and O–H groups in total. The molecule has 0 aromatic heterocycles. The van der Waals surface area contributed by atoms with Gasteiger partial charge in [0.1, 0.15) is 11.8 Å². The molecule has 0 spiro atoms. The van der Waals surface area contributed by atoms with Crippen molar-refractivity contribution in [2.75, 3.05) is 0 Å². The van der Waals surface area contributed by atoms with E-state index in [1.165, 1.54) is 0 Å². The number of alkyl halides is 3. The van der Waals surface area contributed by atoms with E-state index in [1.54, 1.807) is 0 Å². The lowest BCUT2D eigenvalue weighted by Gasteiger charge is -2.17. The van der Waals surface area contributed by atoms with Crippen LogP contribution in [0.25, 0.3) is 0 Å². The molecule has 0 saturated heterocycles. The zero-order chi connectivity index (χ0) is 12.5. The predicted octanol–water partition coefficient (Wildman–Crippen LogP) is 1.65. The zero-order valence-corrected chi connectivity index (χ0v) is 7.82. The van der Waals surface area contributed by atoms with Gasteiger partial charge in [-0.1, -0.05) is 6.07 Å². The van der Waals surface area contributed by atoms with Crippen molar-refractivity contribution in [1.82, 2.24) is 0 Å². The van der Waals surface area contributed by atoms with Gasteiger partial charge in [0.15, 0.2) is 0 Å². The Hall–Kier alpha value is -1.76. The molecule has 0 heterocycles. The molecule has 1 aromatic carbocycles. The van der Waals surface area contributed by atoms with Gasteiger partial charge in [0, 0.05) is 5.56 Å². The SMILES string of the molecule is N[C@@H](c1ccc(C(=O)O)cc1O)C(F)(F)F. The highest BCUT2D eigenvalue weighted by Gasteiger charge is 2.39. The Morgan fingerprint density at radius 1 is 1.38 bits per heavy atom. The third kappa shape index (κ3) is 2.43. The van der Waals surface area contributed by atoms with Crippen molar-refractivity contribution in [2.45, 2.75) is 12.2 Å². The van der Waals surface area contributed by atoms with E-state index in [0.29, 0.717) is 0 Å². The molecule has 0 aliphatic heterocycles. The fourth-order valence-electron chi connectivity index (χ4n) is 1.12. The van der Waals surface area contributed by atoms with Crippen LogP contribution in [-0.4, -0.2) is 22.4 Å². The lowest BCUT2D eigenvalue weighted by atomic mass is 10.0. The maximum atomic E-state index is 12.2. The summed E-state index contributed by atoms with van der Waals surface area (Å²) in [4.78, 5) is 10.5. The molecule has 4 nitrogen and oxygen atoms in total. The van der Waals surface area contributed by atoms with Crippen LogP contribution in [0.3, 0.4) is 0 Å². The smallest absolute Gasteiger partial charge is 0.407 e. The molecule has 0 radical (unpaired) electrons. The van der Waals surface area contributed by atoms with E-state index in [1.807, 2.05) is 0 Å². The van der Waals surface area contributed by atoms with Gasteiger partial charge in [-0.05, 0) is 12.1 Å². The van der Waals surface area contributed by atoms with Crippen molar-refractivity contribution >= 4 is 5.97 Å². The second-order valence-electron chi connectivity index (χ2n) is 3.10. The van der Waals surface area contributed by atoms with Gasteiger partial charge in [-0.2, -0.15) is 13.2 Å². The standard InChI is InChI=1S/C9H8F3NO3/c10-9(11,12)7(13)5-2-1-4(8(15)16)3-6(5)14/h1-3,7,14H,13H2,(H,15,16)/t7-/m0/s1. The molecule has 16 heavy (non-hydrogen) atoms. The highest BCUT2D eigenvalue weighted by atomic mass is 19.4. The average molecular weight is 235 g/mol. The lowest BCUT2D eigenvalue weighted by molar-refractivity contribution is -0.149. The monoisotopic (exact) mass is 235 g/mol. The maximum Gasteiger partial charge on any atom is 0.407 e. The van der Waals surface area contributed by atoms with E-state index in [2.05, 4.69) is 0 Å². The van der Waals surface area contributed by atoms with E-state index >= 15 is 0 Å². The number of phenols is 1. The van der Waals surface area contributed by atoms with Crippen LogP contribution in [0, 0.1) is 0 Å². The summed E-state index contributed by atoms with van der Waals surface area (Å²) in [6, 6.07) is 0.179. The summed E-state index contributed by atoms with van der Waals surface area (Å²) in [7, 11) is 0. The molecule has 0 aliphatic carbocycles. The van der Waals surface area contributed by atoms with Gasteiger partial charge in [-0.3, -0.25) is 0 Å². The van der Waals surface area contributed by atoms with Crippen molar-refractivity contribution in [3.8, 4) is 5.75 Å². The summed E-state index contributed by atoms with van der Waals surface area (Å²) in [5.41, 5.74) is 4.00. The Balaban J connectivity index is 3.13. The molecule has 0 bridgehead atoms. The predicted molar refractivity (Wildman–Crippen MR) is 48.0 cm³/mol. The molecule has 0 aliphatic rings. The fraction of sp³-hybridized carbons (Fsp3) is 0.222. The summed E-state index contributed by atoms with van der Waals surface area (Å²) in [5, 5.41) is 17.8. The highest BCUT2D eigenvalue weighted by Crippen LogP contribution is 2.35. The van der Waals surface area contributed by atoms with Crippen LogP contribution in [0.4, 0.5) is 13.2 Å². The van der Waals surface area contributed by atoms with Gasteiger partial charge in [0.05, 0.1) is 5.56 Å². The van der Waals surface area contributed by atoms with Gasteiger partial charge in [-0.15, -0.1) is 0 Å². The zero-order valence-electron chi connectivity index (χ0n) is 7.82. The number of rotatable bonds is 2. The van der Waals surface area contributed by atoms with Gasteiger partial charge in [0.2, 0.25) is 0 Å². The van der Waals surface area contributed by atoms with Crippen molar-refractivity contribution in [2.24, 2.45) is 5.73 Å². The topological polar surface area (TPSA) is 83.6 Å². The van der Waals surface area contributed by atoms with Crippen molar-refractivity contribution in [3.63, 3.8) is 0 Å². The van der Waals surface area contributed by atoms with Crippen LogP contribution in [-0.2, 0) is 0 Å². The van der Waals surface area contributed by atoms with E-state index in [9.17, 15) is 23.1 Å². The molecule has 0 amide bonds. The van der Waals surface area contributed by atoms with E-state index in [-0.39, 0.29) is 5.56 Å². The molecule has 1 atom stereocenters. The first kappa shape index (κ1) is 12.3. The van der Waals surface area contributed by atoms with E-state index < -0.39 is 29.5 Å². The lowest BCUT2D eigenvalue weighted by Crippen LogP contribution is -2.28. The Morgan fingerprint density at radius 3 is 2.31 bits per heavy atom. The Bertz CT molecular complexity index is 417. The molecule has 7 heteroatoms. The average Bonchev–Trinajstić information content (AvgIpc) is 2.15. The molecule has 88 valence electrons. The van der Waals surface area contributed by atoms with Crippen LogP contribution in [0.5, 0.6) is 5.75 Å². The summed E-state index contributed by atoms with van der Waals surface area (Å²) < 4.78 is 36.7. The third-order valence-electron chi connectivity index (χ3n) is 1.97. The molecule has 1 rings (SSSR count). The number of phenolic OH excluding ortho intramolecular Hbond substituents is 1. The largest absolute Gasteiger partial charge is 0.508 e. The van der Waals surface area contributed by atoms with Gasteiger partial charge < -0.3 is 15.9 Å². The van der Waals surface area contributed by atoms with Crippen LogP contribution >= 0.6 is 0 Å². The maximum absolute atomic E-state index is 12.2. The number of nitrogens with two attached hydrogens (primary N) is 1. The fourth-order valence-corrected chi connectivity index (χ4v) is 1.12. The van der Waals surface area contributed by atoms with Crippen LogP contribution < -0.4 is 5.73 Å². The van der Waals surface area contributed by atoms with Crippen LogP contribution in [0.1, 0.15) is 22.0 Å². The number of carboxylic acid groups (broad SMARTS) is 1. The quantitative estimate of drug-likeness (QED) is 0.727. The first-order chi connectivity index (χ1) is 7.23. The minimum atomic E-state index is -4.69. The number of hydrogen-bond acceptors (Lipinski definition) is 3. The summed E-state index contributed by atoms with van der Waals surface area (Å²) >= 11 is 0. The Kier molecular flexibility index (Phi) is 3.09. The molecule has 1 aromatic rings. The second kappa shape index (κ2) is 4.01. The number of aromatic carboxylic acids is 1. The highest BCUT2D eigenvalue weighted by molar-refractivity contribution is 5.88. The summed E-state index contributed by atoms with van der Waals surface area (Å²) in [6.45, 7) is 0. The van der Waals surface area contributed by atoms with Crippen LogP contribution in [0.2, 0.25) is 0 Å². The van der Waals surface area contributed by atoms with Crippen molar-refractivity contribution in [1.29, 1.82) is 0 Å². The Morgan fingerprint density at radius 2 is 1.94 bits per heavy atom. The van der Waals surface area contributed by atoms with E-state index in [0.717, 1.165) is 18.2 Å². The minimum absolute atomic E-state index is 0.310. The first-order valence-corrected chi connectivity index (χ1v) is 4.12. The number of aromatic hydroxyl groups is 1. The molecule has 0 unspecified atom stereocenters. The number of halogens is 3. The van der Waals surface area contributed by atoms with Crippen LogP contribution in [0.15, 0.2) is 18.2 Å². The van der Waals surface area contributed by atoms with Gasteiger partial charge in [-0.25, -0.2) is 4.79 Å². The van der Waals surface area contributed by atoms with E-state index in [4.69, 9.17) is 10.8 Å². The molecule has 0 saturated carbocycles. The molecule has 0 fully saturated rings.